The molecule has 0 aromatic rings. The second-order valence-corrected chi connectivity index (χ2v) is 5.87. The maximum atomic E-state index is 12.1. The van der Waals surface area contributed by atoms with E-state index in [2.05, 4.69) is 0 Å². The highest BCUT2D eigenvalue weighted by atomic mass is 32.2. The quantitative estimate of drug-likeness (QED) is 0.650. The van der Waals surface area contributed by atoms with E-state index < -0.39 is 22.8 Å². The summed E-state index contributed by atoms with van der Waals surface area (Å²) >= 11 is 0. The Morgan fingerprint density at radius 1 is 1.25 bits per heavy atom. The molecule has 0 radical (unpaired) electrons. The molecule has 0 aliphatic rings. The molecule has 1 N–H and O–H groups in total. The number of nitrogens with zero attached hydrogens (tertiary/aromatic N) is 1. The number of hydrogen-bond acceptors (Lipinski definition) is 4. The van der Waals surface area contributed by atoms with Crippen molar-refractivity contribution in [3.63, 3.8) is 0 Å². The Morgan fingerprint density at radius 3 is 2.31 bits per heavy atom. The van der Waals surface area contributed by atoms with E-state index in [0.29, 0.717) is 6.42 Å². The molecule has 0 aromatic carbocycles. The van der Waals surface area contributed by atoms with Crippen LogP contribution in [0, 0.1) is 0 Å². The van der Waals surface area contributed by atoms with Crippen LogP contribution in [0.25, 0.3) is 0 Å². The Morgan fingerprint density at radius 2 is 1.88 bits per heavy atom. The largest absolute Gasteiger partial charge is 0.395 e. The zero-order valence-corrected chi connectivity index (χ0v) is 10.2. The predicted octanol–water partition coefficient (Wildman–Crippen LogP) is 0.371. The summed E-state index contributed by atoms with van der Waals surface area (Å²) in [5.41, 5.74) is 0. The van der Waals surface area contributed by atoms with Crippen LogP contribution >= 0.6 is 0 Å². The van der Waals surface area contributed by atoms with Gasteiger partial charge in [0.2, 0.25) is 0 Å². The van der Waals surface area contributed by atoms with E-state index in [1.807, 2.05) is 0 Å². The van der Waals surface area contributed by atoms with Gasteiger partial charge in [-0.15, -0.1) is 0 Å². The maximum absolute atomic E-state index is 12.1. The van der Waals surface area contributed by atoms with Crippen LogP contribution in [0.4, 0.5) is 8.78 Å². The molecular weight excluding hydrogens is 240 g/mol. The third-order valence-corrected chi connectivity index (χ3v) is 3.88. The van der Waals surface area contributed by atoms with Crippen LogP contribution in [0.1, 0.15) is 13.3 Å². The number of halogens is 2. The van der Waals surface area contributed by atoms with E-state index in [0.717, 1.165) is 0 Å². The van der Waals surface area contributed by atoms with Crippen LogP contribution in [0.15, 0.2) is 0 Å². The normalized spacial score (nSPS) is 12.6. The van der Waals surface area contributed by atoms with Crippen molar-refractivity contribution >= 4 is 9.84 Å². The Bertz CT molecular complexity index is 270. The second kappa shape index (κ2) is 7.92. The van der Waals surface area contributed by atoms with E-state index >= 15 is 0 Å². The molecule has 7 heteroatoms. The summed E-state index contributed by atoms with van der Waals surface area (Å²) in [5.74, 6) is -0.0534. The van der Waals surface area contributed by atoms with Gasteiger partial charge in [0.05, 0.1) is 18.9 Å². The third-order valence-electron chi connectivity index (χ3n) is 2.05. The molecule has 0 heterocycles. The number of sulfone groups is 1. The van der Waals surface area contributed by atoms with Gasteiger partial charge < -0.3 is 5.11 Å². The lowest BCUT2D eigenvalue weighted by Crippen LogP contribution is -2.35. The first-order chi connectivity index (χ1) is 7.41. The third kappa shape index (κ3) is 7.95. The first kappa shape index (κ1) is 15.7. The fourth-order valence-electron chi connectivity index (χ4n) is 1.31. The molecule has 0 aromatic heterocycles. The standard InChI is InChI=1S/C9H19F2NO3S/c1-2-6-16(14,15)7-4-12(3-5-13)8-9(10)11/h9,13H,2-8H2,1H3. The summed E-state index contributed by atoms with van der Waals surface area (Å²) in [7, 11) is -3.15. The average molecular weight is 259 g/mol. The summed E-state index contributed by atoms with van der Waals surface area (Å²) in [6, 6.07) is 0. The Labute approximate surface area is 95.2 Å². The topological polar surface area (TPSA) is 57.6 Å². The van der Waals surface area contributed by atoms with Crippen LogP contribution in [0.3, 0.4) is 0 Å². The van der Waals surface area contributed by atoms with Crippen molar-refractivity contribution < 1.29 is 22.3 Å². The van der Waals surface area contributed by atoms with E-state index in [1.165, 1.54) is 4.90 Å². The molecule has 98 valence electrons. The van der Waals surface area contributed by atoms with Crippen molar-refractivity contribution in [1.29, 1.82) is 0 Å². The fourth-order valence-corrected chi connectivity index (χ4v) is 2.67. The van der Waals surface area contributed by atoms with E-state index in [1.54, 1.807) is 6.92 Å². The summed E-state index contributed by atoms with van der Waals surface area (Å²) in [5, 5.41) is 8.65. The van der Waals surface area contributed by atoms with Gasteiger partial charge in [-0.05, 0) is 6.42 Å². The average Bonchev–Trinajstić information content (AvgIpc) is 2.14. The highest BCUT2D eigenvalue weighted by Crippen LogP contribution is 2.00. The van der Waals surface area contributed by atoms with Gasteiger partial charge >= 0.3 is 0 Å². The van der Waals surface area contributed by atoms with Gasteiger partial charge in [0.25, 0.3) is 6.43 Å². The molecule has 0 spiro atoms. The summed E-state index contributed by atoms with van der Waals surface area (Å²) < 4.78 is 46.9. The van der Waals surface area contributed by atoms with Gasteiger partial charge in [0, 0.05) is 18.8 Å². The summed E-state index contributed by atoms with van der Waals surface area (Å²) in [6.45, 7) is 1.13. The minimum atomic E-state index is -3.15. The smallest absolute Gasteiger partial charge is 0.251 e. The Hall–Kier alpha value is -0.270. The molecule has 0 aliphatic carbocycles. The number of aliphatic hydroxyl groups excluding tert-OH is 1. The monoisotopic (exact) mass is 259 g/mol. The first-order valence-corrected chi connectivity index (χ1v) is 7.05. The molecular formula is C9H19F2NO3S. The first-order valence-electron chi connectivity index (χ1n) is 5.23. The lowest BCUT2D eigenvalue weighted by atomic mass is 10.5. The highest BCUT2D eigenvalue weighted by molar-refractivity contribution is 7.91. The zero-order valence-electron chi connectivity index (χ0n) is 9.40. The van der Waals surface area contributed by atoms with Crippen LogP contribution in [-0.2, 0) is 9.84 Å². The Kier molecular flexibility index (Phi) is 7.78. The molecule has 0 unspecified atom stereocenters. The molecule has 0 fully saturated rings. The molecule has 0 rings (SSSR count). The SMILES string of the molecule is CCCS(=O)(=O)CCN(CCO)CC(F)F. The number of rotatable bonds is 9. The predicted molar refractivity (Wildman–Crippen MR) is 58.5 cm³/mol. The van der Waals surface area contributed by atoms with Crippen LogP contribution in [0.2, 0.25) is 0 Å². The fraction of sp³-hybridized carbons (Fsp3) is 1.00. The van der Waals surface area contributed by atoms with Crippen molar-refractivity contribution in [2.24, 2.45) is 0 Å². The van der Waals surface area contributed by atoms with Gasteiger partial charge in [0.1, 0.15) is 0 Å². The van der Waals surface area contributed by atoms with Gasteiger partial charge in [-0.25, -0.2) is 17.2 Å². The lowest BCUT2D eigenvalue weighted by Gasteiger charge is -2.20. The molecule has 0 amide bonds. The molecule has 16 heavy (non-hydrogen) atoms. The molecule has 0 bridgehead atoms. The van der Waals surface area contributed by atoms with Crippen molar-refractivity contribution in [3.8, 4) is 0 Å². The van der Waals surface area contributed by atoms with E-state index in [9.17, 15) is 17.2 Å². The summed E-state index contributed by atoms with van der Waals surface area (Å²) in [4.78, 5) is 1.26. The van der Waals surface area contributed by atoms with Gasteiger partial charge in [-0.1, -0.05) is 6.92 Å². The van der Waals surface area contributed by atoms with Crippen LogP contribution in [0.5, 0.6) is 0 Å². The Balaban J connectivity index is 4.10. The maximum Gasteiger partial charge on any atom is 0.251 e. The highest BCUT2D eigenvalue weighted by Gasteiger charge is 2.15. The molecule has 0 saturated carbocycles. The van der Waals surface area contributed by atoms with Gasteiger partial charge in [-0.2, -0.15) is 0 Å². The zero-order chi connectivity index (χ0) is 12.6. The van der Waals surface area contributed by atoms with Crippen LogP contribution in [-0.4, -0.2) is 62.6 Å². The number of aliphatic hydroxyl groups is 1. The van der Waals surface area contributed by atoms with Crippen LogP contribution < -0.4 is 0 Å². The van der Waals surface area contributed by atoms with Crippen molar-refractivity contribution in [2.75, 3.05) is 37.7 Å². The lowest BCUT2D eigenvalue weighted by molar-refractivity contribution is 0.0815. The number of hydrogen-bond donors (Lipinski definition) is 1. The molecule has 0 aliphatic heterocycles. The molecule has 0 saturated heterocycles. The molecule has 0 atom stereocenters. The van der Waals surface area contributed by atoms with Crippen molar-refractivity contribution in [3.05, 3.63) is 0 Å². The molecule has 4 nitrogen and oxygen atoms in total. The van der Waals surface area contributed by atoms with E-state index in [4.69, 9.17) is 5.11 Å². The minimum absolute atomic E-state index is 0.0488. The second-order valence-electron chi connectivity index (χ2n) is 3.57. The number of alkyl halides is 2. The van der Waals surface area contributed by atoms with Gasteiger partial charge in [0.15, 0.2) is 9.84 Å². The summed E-state index contributed by atoms with van der Waals surface area (Å²) in [6.07, 6.45) is -1.99. The van der Waals surface area contributed by atoms with Crippen molar-refractivity contribution in [2.45, 2.75) is 19.8 Å². The van der Waals surface area contributed by atoms with Crippen molar-refractivity contribution in [1.82, 2.24) is 4.90 Å². The minimum Gasteiger partial charge on any atom is -0.395 e. The van der Waals surface area contributed by atoms with Gasteiger partial charge in [-0.3, -0.25) is 4.90 Å². The van der Waals surface area contributed by atoms with E-state index in [-0.39, 0.29) is 31.2 Å².